The third-order valence-electron chi connectivity index (χ3n) is 7.77. The zero-order valence-electron chi connectivity index (χ0n) is 25.7. The van der Waals surface area contributed by atoms with Gasteiger partial charge in [-0.1, -0.05) is 54.6 Å². The lowest BCUT2D eigenvalue weighted by molar-refractivity contribution is -0.126. The molecule has 0 spiro atoms. The average Bonchev–Trinajstić information content (AvgIpc) is 3.07. The first-order valence-corrected chi connectivity index (χ1v) is 14.4. The zero-order chi connectivity index (χ0) is 31.9. The van der Waals surface area contributed by atoms with Gasteiger partial charge in [0.1, 0.15) is 11.8 Å². The molecular formula is C35H37N3O7. The molecule has 0 unspecified atom stereocenters. The molecule has 1 fully saturated rings. The molecule has 3 atom stereocenters. The number of hydrogen-bond acceptors (Lipinski definition) is 8. The van der Waals surface area contributed by atoms with Crippen LogP contribution in [-0.4, -0.2) is 52.9 Å². The summed E-state index contributed by atoms with van der Waals surface area (Å²) in [5, 5.41) is 2.84. The van der Waals surface area contributed by atoms with Gasteiger partial charge < -0.3 is 39.6 Å². The highest BCUT2D eigenvalue weighted by Crippen LogP contribution is 2.52. The van der Waals surface area contributed by atoms with Crippen LogP contribution in [0.1, 0.15) is 28.7 Å². The number of anilines is 2. The Morgan fingerprint density at radius 1 is 0.822 bits per heavy atom. The van der Waals surface area contributed by atoms with Crippen LogP contribution in [0.5, 0.6) is 23.0 Å². The van der Waals surface area contributed by atoms with Gasteiger partial charge in [-0.05, 0) is 41.0 Å². The Morgan fingerprint density at radius 2 is 1.44 bits per heavy atom. The fourth-order valence-electron chi connectivity index (χ4n) is 5.41. The third kappa shape index (κ3) is 6.72. The molecule has 3 N–H and O–H groups in total. The minimum absolute atomic E-state index is 0.0791. The van der Waals surface area contributed by atoms with E-state index in [9.17, 15) is 9.59 Å². The van der Waals surface area contributed by atoms with Gasteiger partial charge in [-0.2, -0.15) is 0 Å². The summed E-state index contributed by atoms with van der Waals surface area (Å²) >= 11 is 0. The van der Waals surface area contributed by atoms with Gasteiger partial charge in [0.15, 0.2) is 11.5 Å². The highest BCUT2D eigenvalue weighted by Gasteiger charge is 2.50. The van der Waals surface area contributed by atoms with Crippen LogP contribution in [0.3, 0.4) is 0 Å². The fraction of sp³-hybridized carbons (Fsp3) is 0.257. The summed E-state index contributed by atoms with van der Waals surface area (Å²) in [5.74, 6) is 1.11. The molecule has 1 aliphatic heterocycles. The van der Waals surface area contributed by atoms with Crippen molar-refractivity contribution >= 4 is 23.2 Å². The number of nitrogens with zero attached hydrogens (tertiary/aromatic N) is 1. The van der Waals surface area contributed by atoms with Crippen molar-refractivity contribution in [2.45, 2.75) is 24.6 Å². The Hall–Kier alpha value is -5.06. The highest BCUT2D eigenvalue weighted by atomic mass is 16.5. The van der Waals surface area contributed by atoms with Crippen LogP contribution in [0.25, 0.3) is 0 Å². The van der Waals surface area contributed by atoms with Crippen molar-refractivity contribution in [3.63, 3.8) is 0 Å². The summed E-state index contributed by atoms with van der Waals surface area (Å²) in [4.78, 5) is 28.3. The lowest BCUT2D eigenvalue weighted by Gasteiger charge is -2.48. The molecule has 0 saturated carbocycles. The number of rotatable bonds is 13. The number of ether oxygens (including phenoxy) is 5. The molecule has 0 aromatic heterocycles. The smallest absolute Gasteiger partial charge is 0.243 e. The summed E-state index contributed by atoms with van der Waals surface area (Å²) in [7, 11) is 6.21. The molecule has 1 heterocycles. The molecule has 4 aromatic rings. The van der Waals surface area contributed by atoms with Gasteiger partial charge >= 0.3 is 0 Å². The van der Waals surface area contributed by atoms with Crippen LogP contribution in [0, 0.1) is 0 Å². The SMILES string of the molecule is COc1ccc([C@H]2[C@H](c3ccc(NC(=O)[C@@H](N)COCc4ccccc4)cc3)C(=O)N2c2cc(OC)c(OC)c(OC)c2)cc1. The van der Waals surface area contributed by atoms with E-state index in [4.69, 9.17) is 29.4 Å². The normalized spacial score (nSPS) is 16.4. The van der Waals surface area contributed by atoms with Gasteiger partial charge in [-0.15, -0.1) is 0 Å². The fourth-order valence-corrected chi connectivity index (χ4v) is 5.41. The molecule has 1 saturated heterocycles. The maximum Gasteiger partial charge on any atom is 0.243 e. The minimum atomic E-state index is -0.840. The highest BCUT2D eigenvalue weighted by molar-refractivity contribution is 6.07. The van der Waals surface area contributed by atoms with Gasteiger partial charge in [0.05, 0.1) is 59.3 Å². The van der Waals surface area contributed by atoms with E-state index in [1.54, 1.807) is 36.3 Å². The second kappa shape index (κ2) is 14.1. The van der Waals surface area contributed by atoms with Crippen LogP contribution in [0.4, 0.5) is 11.4 Å². The molecule has 2 amide bonds. The van der Waals surface area contributed by atoms with Gasteiger partial charge in [0.25, 0.3) is 0 Å². The second-order valence-corrected chi connectivity index (χ2v) is 10.5. The van der Waals surface area contributed by atoms with Crippen molar-refractivity contribution in [3.8, 4) is 23.0 Å². The third-order valence-corrected chi connectivity index (χ3v) is 7.77. The monoisotopic (exact) mass is 611 g/mol. The number of methoxy groups -OCH3 is 4. The minimum Gasteiger partial charge on any atom is -0.497 e. The van der Waals surface area contributed by atoms with Crippen molar-refractivity contribution in [2.75, 3.05) is 45.3 Å². The Balaban J connectivity index is 1.34. The molecule has 10 nitrogen and oxygen atoms in total. The number of amides is 2. The number of carbonyl (C=O) groups is 2. The average molecular weight is 612 g/mol. The zero-order valence-corrected chi connectivity index (χ0v) is 25.7. The Kier molecular flexibility index (Phi) is 9.86. The van der Waals surface area contributed by atoms with E-state index in [0.717, 1.165) is 16.7 Å². The first-order chi connectivity index (χ1) is 21.9. The van der Waals surface area contributed by atoms with E-state index in [1.807, 2.05) is 66.7 Å². The largest absolute Gasteiger partial charge is 0.497 e. The predicted octanol–water partition coefficient (Wildman–Crippen LogP) is 5.08. The summed E-state index contributed by atoms with van der Waals surface area (Å²) in [6, 6.07) is 26.9. The van der Waals surface area contributed by atoms with Crippen LogP contribution in [0.2, 0.25) is 0 Å². The predicted molar refractivity (Wildman–Crippen MR) is 171 cm³/mol. The molecule has 1 aliphatic rings. The van der Waals surface area contributed by atoms with Crippen LogP contribution < -0.4 is 34.9 Å². The maximum atomic E-state index is 13.9. The van der Waals surface area contributed by atoms with Gasteiger partial charge in [-0.25, -0.2) is 0 Å². The maximum absolute atomic E-state index is 13.9. The van der Waals surface area contributed by atoms with Crippen LogP contribution in [-0.2, 0) is 20.9 Å². The molecule has 5 rings (SSSR count). The Morgan fingerprint density at radius 3 is 2.02 bits per heavy atom. The number of benzene rings is 4. The lowest BCUT2D eigenvalue weighted by Crippen LogP contribution is -2.53. The molecule has 234 valence electrons. The second-order valence-electron chi connectivity index (χ2n) is 10.5. The number of nitrogens with two attached hydrogens (primary N) is 1. The first-order valence-electron chi connectivity index (χ1n) is 14.4. The number of β-lactam (4-membered cyclic amide) rings is 1. The van der Waals surface area contributed by atoms with E-state index in [0.29, 0.717) is 41.0 Å². The Bertz CT molecular complexity index is 1590. The van der Waals surface area contributed by atoms with E-state index in [2.05, 4.69) is 5.32 Å². The van der Waals surface area contributed by atoms with Crippen LogP contribution in [0.15, 0.2) is 91.0 Å². The summed E-state index contributed by atoms with van der Waals surface area (Å²) < 4.78 is 27.6. The topological polar surface area (TPSA) is 122 Å². The van der Waals surface area contributed by atoms with Crippen molar-refractivity contribution in [1.29, 1.82) is 0 Å². The standard InChI is InChI=1S/C35H37N3O7/c1-41-27-16-12-24(13-17-27)32-31(35(40)38(32)26-18-29(42-2)33(44-4)30(19-26)43-3)23-10-14-25(15-11-23)37-34(39)28(36)21-45-20-22-8-6-5-7-9-22/h5-19,28,31-32H,20-21,36H2,1-4H3,(H,37,39)/t28-,31-,32-/m0/s1. The number of nitrogens with one attached hydrogen (secondary N) is 1. The summed E-state index contributed by atoms with van der Waals surface area (Å²) in [6.45, 7) is 0.449. The van der Waals surface area contributed by atoms with Gasteiger partial charge in [-0.3, -0.25) is 9.59 Å². The molecule has 10 heteroatoms. The van der Waals surface area contributed by atoms with E-state index < -0.39 is 12.0 Å². The molecule has 0 radical (unpaired) electrons. The van der Waals surface area contributed by atoms with Crippen molar-refractivity contribution < 1.29 is 33.3 Å². The molecular weight excluding hydrogens is 574 g/mol. The van der Waals surface area contributed by atoms with Gasteiger partial charge in [0.2, 0.25) is 17.6 Å². The number of carbonyl (C=O) groups excluding carboxylic acids is 2. The van der Waals surface area contributed by atoms with Gasteiger partial charge in [0, 0.05) is 17.8 Å². The van der Waals surface area contributed by atoms with E-state index in [-0.39, 0.29) is 24.5 Å². The first kappa shape index (κ1) is 31.4. The Labute approximate surface area is 262 Å². The number of hydrogen-bond donors (Lipinski definition) is 2. The summed E-state index contributed by atoms with van der Waals surface area (Å²) in [5.41, 5.74) is 9.97. The van der Waals surface area contributed by atoms with Crippen LogP contribution >= 0.6 is 0 Å². The lowest BCUT2D eigenvalue weighted by atomic mass is 9.77. The van der Waals surface area contributed by atoms with Crippen molar-refractivity contribution in [3.05, 3.63) is 108 Å². The van der Waals surface area contributed by atoms with Crippen molar-refractivity contribution in [2.24, 2.45) is 5.73 Å². The molecule has 45 heavy (non-hydrogen) atoms. The quantitative estimate of drug-likeness (QED) is 0.201. The van der Waals surface area contributed by atoms with E-state index in [1.165, 1.54) is 21.3 Å². The van der Waals surface area contributed by atoms with Crippen molar-refractivity contribution in [1.82, 2.24) is 0 Å². The summed E-state index contributed by atoms with van der Waals surface area (Å²) in [6.07, 6.45) is 0. The molecule has 0 bridgehead atoms. The molecule has 4 aromatic carbocycles. The molecule has 0 aliphatic carbocycles. The van der Waals surface area contributed by atoms with E-state index >= 15 is 0 Å².